The molecule has 0 saturated carbocycles. The van der Waals surface area contributed by atoms with E-state index in [1.807, 2.05) is 59.5 Å². The standard InChI is InChI=1S/C26H24N4O4/c31-25-23-9-5-4-8-20(23)18-29(25)24(19-6-2-1-3-7-19)26(32)28-16-14-27(15-17-28)21-10-12-22(13-11-21)30(33)34/h1-13,24H,14-18H2/t24-/m1/s1. The zero-order valence-corrected chi connectivity index (χ0v) is 18.5. The fourth-order valence-electron chi connectivity index (χ4n) is 4.72. The smallest absolute Gasteiger partial charge is 0.269 e. The molecule has 0 aromatic heterocycles. The van der Waals surface area contributed by atoms with Gasteiger partial charge >= 0.3 is 0 Å². The molecule has 1 fully saturated rings. The Hall–Kier alpha value is -4.20. The summed E-state index contributed by atoms with van der Waals surface area (Å²) in [5.74, 6) is -0.210. The van der Waals surface area contributed by atoms with Gasteiger partial charge in [-0.1, -0.05) is 48.5 Å². The number of amides is 2. The van der Waals surface area contributed by atoms with Crippen LogP contribution in [0.1, 0.15) is 27.5 Å². The molecule has 8 nitrogen and oxygen atoms in total. The number of non-ortho nitro benzene ring substituents is 1. The highest BCUT2D eigenvalue weighted by Crippen LogP contribution is 2.33. The van der Waals surface area contributed by atoms with Gasteiger partial charge in [0.05, 0.1) is 4.92 Å². The minimum absolute atomic E-state index is 0.0551. The Morgan fingerprint density at radius 2 is 1.50 bits per heavy atom. The number of piperazine rings is 1. The van der Waals surface area contributed by atoms with Crippen LogP contribution in [-0.4, -0.2) is 52.7 Å². The summed E-state index contributed by atoms with van der Waals surface area (Å²) < 4.78 is 0. The maximum absolute atomic E-state index is 13.8. The van der Waals surface area contributed by atoms with E-state index in [0.29, 0.717) is 38.3 Å². The van der Waals surface area contributed by atoms with E-state index >= 15 is 0 Å². The van der Waals surface area contributed by atoms with Gasteiger partial charge in [-0.25, -0.2) is 0 Å². The van der Waals surface area contributed by atoms with E-state index < -0.39 is 11.0 Å². The van der Waals surface area contributed by atoms with Gasteiger partial charge in [0.2, 0.25) is 5.91 Å². The molecular weight excluding hydrogens is 432 g/mol. The van der Waals surface area contributed by atoms with Gasteiger partial charge in [0.25, 0.3) is 11.6 Å². The molecule has 1 saturated heterocycles. The second kappa shape index (κ2) is 8.97. The lowest BCUT2D eigenvalue weighted by Crippen LogP contribution is -2.52. The second-order valence-corrected chi connectivity index (χ2v) is 8.49. The number of nitro benzene ring substituents is 1. The Balaban J connectivity index is 1.34. The number of hydrogen-bond donors (Lipinski definition) is 0. The van der Waals surface area contributed by atoms with Crippen molar-refractivity contribution in [3.8, 4) is 0 Å². The van der Waals surface area contributed by atoms with E-state index in [1.54, 1.807) is 17.0 Å². The summed E-state index contributed by atoms with van der Waals surface area (Å²) in [5.41, 5.74) is 3.33. The first-order valence-corrected chi connectivity index (χ1v) is 11.2. The molecule has 2 amide bonds. The van der Waals surface area contributed by atoms with Crippen molar-refractivity contribution in [1.82, 2.24) is 9.80 Å². The average Bonchev–Trinajstić information content (AvgIpc) is 3.21. The molecule has 0 radical (unpaired) electrons. The highest BCUT2D eigenvalue weighted by Gasteiger charge is 2.39. The van der Waals surface area contributed by atoms with Crippen molar-refractivity contribution >= 4 is 23.2 Å². The molecule has 2 aliphatic rings. The van der Waals surface area contributed by atoms with Crippen LogP contribution in [0.15, 0.2) is 78.9 Å². The van der Waals surface area contributed by atoms with Gasteiger partial charge in [-0.3, -0.25) is 19.7 Å². The van der Waals surface area contributed by atoms with Crippen LogP contribution < -0.4 is 4.90 Å². The van der Waals surface area contributed by atoms with E-state index in [0.717, 1.165) is 16.8 Å². The minimum Gasteiger partial charge on any atom is -0.368 e. The summed E-state index contributed by atoms with van der Waals surface area (Å²) in [5, 5.41) is 10.9. The molecule has 3 aromatic carbocycles. The number of benzene rings is 3. The third-order valence-corrected chi connectivity index (χ3v) is 6.53. The van der Waals surface area contributed by atoms with E-state index in [9.17, 15) is 19.7 Å². The molecule has 0 spiro atoms. The summed E-state index contributed by atoms with van der Waals surface area (Å²) in [7, 11) is 0. The summed E-state index contributed by atoms with van der Waals surface area (Å²) in [4.78, 5) is 43.1. The van der Waals surface area contributed by atoms with Gasteiger partial charge in [0, 0.05) is 56.1 Å². The van der Waals surface area contributed by atoms with Crippen LogP contribution >= 0.6 is 0 Å². The number of nitro groups is 1. The van der Waals surface area contributed by atoms with Crippen molar-refractivity contribution in [2.45, 2.75) is 12.6 Å². The first-order valence-electron chi connectivity index (χ1n) is 11.2. The van der Waals surface area contributed by atoms with Crippen molar-refractivity contribution in [1.29, 1.82) is 0 Å². The fraction of sp³-hybridized carbons (Fsp3) is 0.231. The maximum atomic E-state index is 13.8. The lowest BCUT2D eigenvalue weighted by Gasteiger charge is -2.39. The normalized spacial score (nSPS) is 16.4. The number of fused-ring (bicyclic) bond motifs is 1. The minimum atomic E-state index is -0.688. The number of carbonyl (C=O) groups excluding carboxylic acids is 2. The molecule has 8 heteroatoms. The number of carbonyl (C=O) groups is 2. The predicted octanol–water partition coefficient (Wildman–Crippen LogP) is 3.64. The van der Waals surface area contributed by atoms with E-state index in [2.05, 4.69) is 4.90 Å². The van der Waals surface area contributed by atoms with Crippen molar-refractivity contribution in [2.24, 2.45) is 0 Å². The SMILES string of the molecule is O=C([C@@H](c1ccccc1)N1Cc2ccccc2C1=O)N1CCN(c2ccc([N+](=O)[O-])cc2)CC1. The average molecular weight is 457 g/mol. The molecule has 0 N–H and O–H groups in total. The number of rotatable bonds is 5. The summed E-state index contributed by atoms with van der Waals surface area (Å²) in [6, 6.07) is 22.7. The van der Waals surface area contributed by atoms with Crippen molar-refractivity contribution in [3.05, 3.63) is 106 Å². The molecule has 1 atom stereocenters. The summed E-state index contributed by atoms with van der Waals surface area (Å²) in [6.07, 6.45) is 0. The summed E-state index contributed by atoms with van der Waals surface area (Å²) in [6.45, 7) is 2.64. The Morgan fingerprint density at radius 1 is 0.853 bits per heavy atom. The van der Waals surface area contributed by atoms with Gasteiger partial charge in [-0.15, -0.1) is 0 Å². The van der Waals surface area contributed by atoms with Crippen LogP contribution in [0.2, 0.25) is 0 Å². The molecule has 0 bridgehead atoms. The monoisotopic (exact) mass is 456 g/mol. The summed E-state index contributed by atoms with van der Waals surface area (Å²) >= 11 is 0. The van der Waals surface area contributed by atoms with Crippen LogP contribution in [0.3, 0.4) is 0 Å². The van der Waals surface area contributed by atoms with Crippen LogP contribution in [0.25, 0.3) is 0 Å². The van der Waals surface area contributed by atoms with Crippen molar-refractivity contribution < 1.29 is 14.5 Å². The van der Waals surface area contributed by atoms with Gasteiger partial charge in [0.1, 0.15) is 6.04 Å². The zero-order valence-electron chi connectivity index (χ0n) is 18.5. The molecule has 34 heavy (non-hydrogen) atoms. The van der Waals surface area contributed by atoms with Crippen LogP contribution in [0.5, 0.6) is 0 Å². The van der Waals surface area contributed by atoms with Gasteiger partial charge in [-0.05, 0) is 29.3 Å². The second-order valence-electron chi connectivity index (χ2n) is 8.49. The Labute approximate surface area is 197 Å². The first kappa shape index (κ1) is 21.6. The Morgan fingerprint density at radius 3 is 2.15 bits per heavy atom. The van der Waals surface area contributed by atoms with Crippen LogP contribution in [0.4, 0.5) is 11.4 Å². The fourth-order valence-corrected chi connectivity index (χ4v) is 4.72. The van der Waals surface area contributed by atoms with E-state index in [4.69, 9.17) is 0 Å². The van der Waals surface area contributed by atoms with Crippen molar-refractivity contribution in [2.75, 3.05) is 31.1 Å². The number of hydrogen-bond acceptors (Lipinski definition) is 5. The third-order valence-electron chi connectivity index (χ3n) is 6.53. The van der Waals surface area contributed by atoms with Gasteiger partial charge in [-0.2, -0.15) is 0 Å². The lowest BCUT2D eigenvalue weighted by molar-refractivity contribution is -0.384. The number of nitrogens with zero attached hydrogens (tertiary/aromatic N) is 4. The van der Waals surface area contributed by atoms with Crippen LogP contribution in [0, 0.1) is 10.1 Å². The van der Waals surface area contributed by atoms with Gasteiger partial charge in [0.15, 0.2) is 0 Å². The van der Waals surface area contributed by atoms with Crippen LogP contribution in [-0.2, 0) is 11.3 Å². The third kappa shape index (κ3) is 3.98. The van der Waals surface area contributed by atoms with Gasteiger partial charge < -0.3 is 14.7 Å². The highest BCUT2D eigenvalue weighted by molar-refractivity contribution is 6.01. The Bertz CT molecular complexity index is 1220. The first-order chi connectivity index (χ1) is 16.5. The molecule has 0 aliphatic carbocycles. The van der Waals surface area contributed by atoms with E-state index in [1.165, 1.54) is 12.1 Å². The molecule has 172 valence electrons. The molecular formula is C26H24N4O4. The topological polar surface area (TPSA) is 87.0 Å². The predicted molar refractivity (Wildman–Crippen MR) is 127 cm³/mol. The lowest BCUT2D eigenvalue weighted by atomic mass is 10.0. The van der Waals surface area contributed by atoms with E-state index in [-0.39, 0.29) is 17.5 Å². The largest absolute Gasteiger partial charge is 0.368 e. The highest BCUT2D eigenvalue weighted by atomic mass is 16.6. The molecule has 3 aromatic rings. The molecule has 5 rings (SSSR count). The Kier molecular flexibility index (Phi) is 5.71. The molecule has 2 heterocycles. The quantitative estimate of drug-likeness (QED) is 0.432. The van der Waals surface area contributed by atoms with Crippen molar-refractivity contribution in [3.63, 3.8) is 0 Å². The maximum Gasteiger partial charge on any atom is 0.269 e. The number of anilines is 1. The molecule has 0 unspecified atom stereocenters. The molecule has 2 aliphatic heterocycles. The zero-order chi connectivity index (χ0) is 23.7.